The number of benzene rings is 1. The predicted molar refractivity (Wildman–Crippen MR) is 92.3 cm³/mol. The van der Waals surface area contributed by atoms with Gasteiger partial charge in [0.2, 0.25) is 5.91 Å². The molecule has 1 aliphatic carbocycles. The van der Waals surface area contributed by atoms with Crippen molar-refractivity contribution >= 4 is 18.3 Å². The highest BCUT2D eigenvalue weighted by atomic mass is 35.5. The van der Waals surface area contributed by atoms with Gasteiger partial charge in [-0.2, -0.15) is 5.10 Å². The normalized spacial score (nSPS) is 15.9. The number of aromatic nitrogens is 2. The van der Waals surface area contributed by atoms with E-state index in [4.69, 9.17) is 5.73 Å². The van der Waals surface area contributed by atoms with Gasteiger partial charge in [0.15, 0.2) is 0 Å². The summed E-state index contributed by atoms with van der Waals surface area (Å²) in [6.07, 6.45) is 7.38. The number of hydrogen-bond donors (Lipinski definition) is 2. The third kappa shape index (κ3) is 4.33. The van der Waals surface area contributed by atoms with Crippen molar-refractivity contribution < 1.29 is 4.79 Å². The summed E-state index contributed by atoms with van der Waals surface area (Å²) in [7, 11) is 0. The molecule has 6 heteroatoms. The molecule has 0 atom stereocenters. The first kappa shape index (κ1) is 17.5. The third-order valence-corrected chi connectivity index (χ3v) is 4.30. The Kier molecular flexibility index (Phi) is 5.80. The maximum atomic E-state index is 12.2. The van der Waals surface area contributed by atoms with Gasteiger partial charge in [0.05, 0.1) is 12.1 Å². The van der Waals surface area contributed by atoms with E-state index in [2.05, 4.69) is 22.5 Å². The van der Waals surface area contributed by atoms with E-state index in [0.29, 0.717) is 6.54 Å². The monoisotopic (exact) mass is 334 g/mol. The van der Waals surface area contributed by atoms with Gasteiger partial charge in [-0.3, -0.25) is 9.48 Å². The number of amides is 1. The summed E-state index contributed by atoms with van der Waals surface area (Å²) >= 11 is 0. The Balaban J connectivity index is 0.00000192. The van der Waals surface area contributed by atoms with E-state index in [1.165, 1.54) is 5.56 Å². The maximum Gasteiger partial charge on any atom is 0.240 e. The third-order valence-electron chi connectivity index (χ3n) is 4.30. The molecular formula is C17H23ClN4O. The molecule has 0 spiro atoms. The molecule has 1 heterocycles. The van der Waals surface area contributed by atoms with Gasteiger partial charge < -0.3 is 11.1 Å². The Morgan fingerprint density at radius 3 is 2.70 bits per heavy atom. The minimum absolute atomic E-state index is 0. The number of nitrogens with two attached hydrogens (primary N) is 1. The molecule has 0 saturated heterocycles. The highest BCUT2D eigenvalue weighted by Gasteiger charge is 2.36. The highest BCUT2D eigenvalue weighted by molar-refractivity contribution is 5.86. The second-order valence-electron chi connectivity index (χ2n) is 6.07. The summed E-state index contributed by atoms with van der Waals surface area (Å²) in [5.74, 6) is -0.0255. The van der Waals surface area contributed by atoms with Gasteiger partial charge in [0, 0.05) is 18.9 Å². The lowest BCUT2D eigenvalue weighted by molar-refractivity contribution is -0.126. The van der Waals surface area contributed by atoms with Crippen LogP contribution in [0.15, 0.2) is 42.7 Å². The second-order valence-corrected chi connectivity index (χ2v) is 6.07. The highest BCUT2D eigenvalue weighted by Crippen LogP contribution is 2.27. The van der Waals surface area contributed by atoms with Crippen LogP contribution in [0.25, 0.3) is 0 Å². The Labute approximate surface area is 142 Å². The van der Waals surface area contributed by atoms with Gasteiger partial charge in [-0.05, 0) is 30.0 Å². The summed E-state index contributed by atoms with van der Waals surface area (Å²) in [5, 5.41) is 7.19. The first-order valence-corrected chi connectivity index (χ1v) is 7.78. The summed E-state index contributed by atoms with van der Waals surface area (Å²) in [6.45, 7) is 1.25. The molecule has 3 N–H and O–H groups in total. The Morgan fingerprint density at radius 1 is 1.26 bits per heavy atom. The quantitative estimate of drug-likeness (QED) is 0.880. The molecule has 5 nitrogen and oxygen atoms in total. The number of halogens is 1. The Bertz CT molecular complexity index is 636. The molecular weight excluding hydrogens is 312 g/mol. The lowest BCUT2D eigenvalue weighted by Crippen LogP contribution is -2.51. The van der Waals surface area contributed by atoms with Gasteiger partial charge in [-0.15, -0.1) is 12.4 Å². The van der Waals surface area contributed by atoms with Crippen LogP contribution in [0.1, 0.15) is 36.8 Å². The second kappa shape index (κ2) is 7.62. The van der Waals surface area contributed by atoms with Crippen molar-refractivity contribution in [2.45, 2.75) is 44.3 Å². The van der Waals surface area contributed by atoms with Crippen LogP contribution in [-0.2, 0) is 17.9 Å². The minimum atomic E-state index is -0.660. The van der Waals surface area contributed by atoms with Crippen molar-refractivity contribution in [3.63, 3.8) is 0 Å². The summed E-state index contributed by atoms with van der Waals surface area (Å²) < 4.78 is 1.88. The Hall–Kier alpha value is -1.85. The predicted octanol–water partition coefficient (Wildman–Crippen LogP) is 2.24. The van der Waals surface area contributed by atoms with Gasteiger partial charge in [0.1, 0.15) is 0 Å². The van der Waals surface area contributed by atoms with Crippen molar-refractivity contribution in [1.82, 2.24) is 15.1 Å². The lowest BCUT2D eigenvalue weighted by Gasteiger charge is -2.22. The van der Waals surface area contributed by atoms with Gasteiger partial charge in [0.25, 0.3) is 0 Å². The number of carbonyl (C=O) groups is 1. The average Bonchev–Trinajstić information content (AvgIpc) is 3.18. The van der Waals surface area contributed by atoms with Gasteiger partial charge in [-0.1, -0.05) is 37.1 Å². The van der Waals surface area contributed by atoms with E-state index in [-0.39, 0.29) is 18.3 Å². The van der Waals surface area contributed by atoms with Crippen molar-refractivity contribution in [3.8, 4) is 0 Å². The molecule has 1 aromatic heterocycles. The fraction of sp³-hybridized carbons (Fsp3) is 0.412. The zero-order chi connectivity index (χ0) is 15.4. The van der Waals surface area contributed by atoms with Crippen LogP contribution in [0.2, 0.25) is 0 Å². The molecule has 2 aromatic rings. The van der Waals surface area contributed by atoms with Crippen molar-refractivity contribution in [2.24, 2.45) is 5.73 Å². The van der Waals surface area contributed by atoms with E-state index in [1.807, 2.05) is 29.1 Å². The zero-order valence-corrected chi connectivity index (χ0v) is 13.9. The van der Waals surface area contributed by atoms with Crippen LogP contribution in [0.3, 0.4) is 0 Å². The molecule has 23 heavy (non-hydrogen) atoms. The van der Waals surface area contributed by atoms with Crippen LogP contribution in [0.5, 0.6) is 0 Å². The fourth-order valence-electron chi connectivity index (χ4n) is 3.01. The fourth-order valence-corrected chi connectivity index (χ4v) is 3.01. The first-order valence-electron chi connectivity index (χ1n) is 7.78. The molecule has 0 radical (unpaired) electrons. The molecule has 0 unspecified atom stereocenters. The van der Waals surface area contributed by atoms with E-state index < -0.39 is 5.54 Å². The zero-order valence-electron chi connectivity index (χ0n) is 13.1. The number of hydrogen-bond acceptors (Lipinski definition) is 3. The maximum absolute atomic E-state index is 12.2. The SMILES string of the molecule is Cl.NC1(C(=O)NCc2cccc(Cn3cccn3)c2)CCCC1. The molecule has 1 aromatic carbocycles. The van der Waals surface area contributed by atoms with E-state index in [0.717, 1.165) is 37.8 Å². The summed E-state index contributed by atoms with van der Waals surface area (Å²) in [5.41, 5.74) is 7.75. The van der Waals surface area contributed by atoms with E-state index >= 15 is 0 Å². The molecule has 1 aliphatic rings. The van der Waals surface area contributed by atoms with Gasteiger partial charge in [-0.25, -0.2) is 0 Å². The van der Waals surface area contributed by atoms with Gasteiger partial charge >= 0.3 is 0 Å². The largest absolute Gasteiger partial charge is 0.350 e. The van der Waals surface area contributed by atoms with Crippen molar-refractivity contribution in [1.29, 1.82) is 0 Å². The molecule has 0 aliphatic heterocycles. The van der Waals surface area contributed by atoms with Crippen LogP contribution in [0.4, 0.5) is 0 Å². The molecule has 124 valence electrons. The number of nitrogens with zero attached hydrogens (tertiary/aromatic N) is 2. The van der Waals surface area contributed by atoms with E-state index in [9.17, 15) is 4.79 Å². The average molecular weight is 335 g/mol. The Morgan fingerprint density at radius 2 is 2.00 bits per heavy atom. The topological polar surface area (TPSA) is 72.9 Å². The molecule has 1 amide bonds. The first-order chi connectivity index (χ1) is 10.7. The van der Waals surface area contributed by atoms with E-state index in [1.54, 1.807) is 6.20 Å². The summed E-state index contributed by atoms with van der Waals surface area (Å²) in [4.78, 5) is 12.2. The number of nitrogens with one attached hydrogen (secondary N) is 1. The van der Waals surface area contributed by atoms with Crippen LogP contribution in [0, 0.1) is 0 Å². The number of rotatable bonds is 5. The molecule has 0 bridgehead atoms. The van der Waals surface area contributed by atoms with Crippen LogP contribution >= 0.6 is 12.4 Å². The molecule has 3 rings (SSSR count). The molecule has 1 saturated carbocycles. The van der Waals surface area contributed by atoms with Crippen molar-refractivity contribution in [2.75, 3.05) is 0 Å². The minimum Gasteiger partial charge on any atom is -0.350 e. The smallest absolute Gasteiger partial charge is 0.240 e. The molecule has 1 fully saturated rings. The number of carbonyl (C=O) groups excluding carboxylic acids is 1. The standard InChI is InChI=1S/C17H22N4O.ClH/c18-17(7-1-2-8-17)16(22)19-12-14-5-3-6-15(11-14)13-21-10-4-9-20-21;/h3-6,9-11H,1-2,7-8,12-13,18H2,(H,19,22);1H. The van der Waals surface area contributed by atoms with Crippen LogP contribution < -0.4 is 11.1 Å². The van der Waals surface area contributed by atoms with Crippen molar-refractivity contribution in [3.05, 3.63) is 53.9 Å². The lowest BCUT2D eigenvalue weighted by atomic mass is 9.98. The van der Waals surface area contributed by atoms with Crippen LogP contribution in [-0.4, -0.2) is 21.2 Å². The summed E-state index contributed by atoms with van der Waals surface area (Å²) in [6, 6.07) is 10.1.